The van der Waals surface area contributed by atoms with Gasteiger partial charge in [0.1, 0.15) is 0 Å². The highest BCUT2D eigenvalue weighted by Gasteiger charge is 2.24. The topological polar surface area (TPSA) is 47.6 Å². The number of carbonyl (C=O) groups is 1. The fraction of sp³-hybridized carbons (Fsp3) is 0.889. The smallest absolute Gasteiger partial charge is 0.319 e. The maximum absolute atomic E-state index is 10.8. The third kappa shape index (κ3) is 3.32. The number of nitrogens with one attached hydrogen (secondary N) is 1. The highest BCUT2D eigenvalue weighted by molar-refractivity contribution is 5.71. The number of esters is 1. The van der Waals surface area contributed by atoms with Crippen molar-refractivity contribution in [3.63, 3.8) is 0 Å². The fourth-order valence-corrected chi connectivity index (χ4v) is 1.64. The van der Waals surface area contributed by atoms with Crippen LogP contribution in [0.1, 0.15) is 19.3 Å². The number of hydrogen-bond acceptors (Lipinski definition) is 4. The summed E-state index contributed by atoms with van der Waals surface area (Å²) in [5, 5.41) is 3.14. The Hall–Kier alpha value is -0.610. The van der Waals surface area contributed by atoms with Crippen LogP contribution in [0, 0.1) is 0 Å². The Morgan fingerprint density at radius 1 is 1.46 bits per heavy atom. The van der Waals surface area contributed by atoms with E-state index in [1.54, 1.807) is 7.11 Å². The molecule has 0 heterocycles. The molecule has 1 rings (SSSR count). The summed E-state index contributed by atoms with van der Waals surface area (Å²) in [4.78, 5) is 10.8. The molecule has 76 valence electrons. The number of carbonyl (C=O) groups excluding carboxylic acids is 1. The monoisotopic (exact) mass is 187 g/mol. The van der Waals surface area contributed by atoms with Crippen molar-refractivity contribution in [1.29, 1.82) is 0 Å². The molecule has 1 saturated carbocycles. The second-order valence-electron chi connectivity index (χ2n) is 3.32. The molecule has 0 aromatic heterocycles. The molecule has 2 unspecified atom stereocenters. The molecule has 0 amide bonds. The van der Waals surface area contributed by atoms with Crippen LogP contribution in [-0.2, 0) is 14.3 Å². The van der Waals surface area contributed by atoms with E-state index in [9.17, 15) is 4.79 Å². The maximum Gasteiger partial charge on any atom is 0.319 e. The van der Waals surface area contributed by atoms with Gasteiger partial charge in [-0.05, 0) is 19.3 Å². The van der Waals surface area contributed by atoms with E-state index in [2.05, 4.69) is 10.1 Å². The van der Waals surface area contributed by atoms with Crippen LogP contribution in [0.25, 0.3) is 0 Å². The van der Waals surface area contributed by atoms with Crippen LogP contribution in [0.5, 0.6) is 0 Å². The van der Waals surface area contributed by atoms with Crippen molar-refractivity contribution >= 4 is 5.97 Å². The molecule has 0 aromatic rings. The van der Waals surface area contributed by atoms with Crippen molar-refractivity contribution in [2.45, 2.75) is 31.4 Å². The minimum absolute atomic E-state index is 0.208. The highest BCUT2D eigenvalue weighted by Crippen LogP contribution is 2.20. The van der Waals surface area contributed by atoms with Crippen LogP contribution < -0.4 is 5.32 Å². The molecule has 13 heavy (non-hydrogen) atoms. The first-order valence-electron chi connectivity index (χ1n) is 4.59. The molecule has 1 fully saturated rings. The van der Waals surface area contributed by atoms with Crippen LogP contribution in [0.4, 0.5) is 0 Å². The van der Waals surface area contributed by atoms with Crippen molar-refractivity contribution in [3.8, 4) is 0 Å². The minimum Gasteiger partial charge on any atom is -0.468 e. The van der Waals surface area contributed by atoms with Gasteiger partial charge in [0.25, 0.3) is 0 Å². The Morgan fingerprint density at radius 2 is 2.23 bits per heavy atom. The summed E-state index contributed by atoms with van der Waals surface area (Å²) in [7, 11) is 3.13. The lowest BCUT2D eigenvalue weighted by Crippen LogP contribution is -2.32. The van der Waals surface area contributed by atoms with Crippen LogP contribution in [0.3, 0.4) is 0 Å². The molecule has 4 heteroatoms. The molecule has 0 aromatic carbocycles. The van der Waals surface area contributed by atoms with Crippen molar-refractivity contribution in [1.82, 2.24) is 5.32 Å². The summed E-state index contributed by atoms with van der Waals surface area (Å²) in [6.45, 7) is 0.303. The van der Waals surface area contributed by atoms with Gasteiger partial charge < -0.3 is 14.8 Å². The largest absolute Gasteiger partial charge is 0.468 e. The molecule has 1 N–H and O–H groups in total. The summed E-state index contributed by atoms with van der Waals surface area (Å²) >= 11 is 0. The van der Waals surface area contributed by atoms with E-state index in [4.69, 9.17) is 4.74 Å². The number of ether oxygens (including phenoxy) is 2. The van der Waals surface area contributed by atoms with E-state index in [0.29, 0.717) is 18.7 Å². The molecular weight excluding hydrogens is 170 g/mol. The van der Waals surface area contributed by atoms with Crippen molar-refractivity contribution < 1.29 is 14.3 Å². The first kappa shape index (κ1) is 10.5. The van der Waals surface area contributed by atoms with Crippen LogP contribution in [0.2, 0.25) is 0 Å². The van der Waals surface area contributed by atoms with Gasteiger partial charge in [-0.15, -0.1) is 0 Å². The highest BCUT2D eigenvalue weighted by atomic mass is 16.5. The summed E-state index contributed by atoms with van der Waals surface area (Å²) in [5.74, 6) is -0.208. The number of hydrogen-bond donors (Lipinski definition) is 1. The van der Waals surface area contributed by atoms with E-state index >= 15 is 0 Å². The Morgan fingerprint density at radius 3 is 2.77 bits per heavy atom. The van der Waals surface area contributed by atoms with Crippen LogP contribution in [0.15, 0.2) is 0 Å². The van der Waals surface area contributed by atoms with Gasteiger partial charge in [0.05, 0.1) is 19.8 Å². The Bertz CT molecular complexity index is 172. The van der Waals surface area contributed by atoms with Gasteiger partial charge in [0.15, 0.2) is 0 Å². The summed E-state index contributed by atoms with van der Waals surface area (Å²) in [6.07, 6.45) is 3.51. The summed E-state index contributed by atoms with van der Waals surface area (Å²) < 4.78 is 9.75. The average Bonchev–Trinajstić information content (AvgIpc) is 2.61. The molecule has 0 bridgehead atoms. The average molecular weight is 187 g/mol. The number of methoxy groups -OCH3 is 2. The predicted octanol–water partition coefficient (Wildman–Crippen LogP) is 0.316. The van der Waals surface area contributed by atoms with Gasteiger partial charge in [-0.2, -0.15) is 0 Å². The fourth-order valence-electron chi connectivity index (χ4n) is 1.64. The molecule has 0 spiro atoms. The SMILES string of the molecule is COC(=O)CNC1CCC(OC)C1. The van der Waals surface area contributed by atoms with Gasteiger partial charge in [0.2, 0.25) is 0 Å². The predicted molar refractivity (Wildman–Crippen MR) is 48.5 cm³/mol. The summed E-state index contributed by atoms with van der Waals surface area (Å²) in [6, 6.07) is 0.407. The first-order chi connectivity index (χ1) is 6.26. The van der Waals surface area contributed by atoms with Gasteiger partial charge in [-0.1, -0.05) is 0 Å². The molecule has 4 nitrogen and oxygen atoms in total. The van der Waals surface area contributed by atoms with Crippen molar-refractivity contribution in [3.05, 3.63) is 0 Å². The van der Waals surface area contributed by atoms with Crippen LogP contribution in [-0.4, -0.2) is 38.9 Å². The van der Waals surface area contributed by atoms with Crippen molar-refractivity contribution in [2.24, 2.45) is 0 Å². The third-order valence-corrected chi connectivity index (χ3v) is 2.48. The lowest BCUT2D eigenvalue weighted by atomic mass is 10.2. The maximum atomic E-state index is 10.8. The van der Waals surface area contributed by atoms with E-state index in [-0.39, 0.29) is 5.97 Å². The lowest BCUT2D eigenvalue weighted by molar-refractivity contribution is -0.139. The van der Waals surface area contributed by atoms with Gasteiger partial charge >= 0.3 is 5.97 Å². The molecule has 1 aliphatic rings. The van der Waals surface area contributed by atoms with Gasteiger partial charge in [-0.3, -0.25) is 4.79 Å². The van der Waals surface area contributed by atoms with E-state index in [1.807, 2.05) is 0 Å². The molecule has 0 saturated heterocycles. The van der Waals surface area contributed by atoms with E-state index in [1.165, 1.54) is 7.11 Å². The van der Waals surface area contributed by atoms with Gasteiger partial charge in [0, 0.05) is 13.2 Å². The minimum atomic E-state index is -0.208. The second-order valence-corrected chi connectivity index (χ2v) is 3.32. The van der Waals surface area contributed by atoms with Crippen LogP contribution >= 0.6 is 0 Å². The Kier molecular flexibility index (Phi) is 4.18. The quantitative estimate of drug-likeness (QED) is 0.644. The molecule has 0 aliphatic heterocycles. The zero-order chi connectivity index (χ0) is 9.68. The third-order valence-electron chi connectivity index (χ3n) is 2.48. The molecular formula is C9H17NO3. The van der Waals surface area contributed by atoms with Crippen molar-refractivity contribution in [2.75, 3.05) is 20.8 Å². The molecule has 2 atom stereocenters. The normalized spacial score (nSPS) is 27.5. The first-order valence-corrected chi connectivity index (χ1v) is 4.59. The van der Waals surface area contributed by atoms with Gasteiger partial charge in [-0.25, -0.2) is 0 Å². The zero-order valence-electron chi connectivity index (χ0n) is 8.21. The van der Waals surface area contributed by atoms with E-state index < -0.39 is 0 Å². The second kappa shape index (κ2) is 5.19. The standard InChI is InChI=1S/C9H17NO3/c1-12-8-4-3-7(5-8)10-6-9(11)13-2/h7-8,10H,3-6H2,1-2H3. The zero-order valence-corrected chi connectivity index (χ0v) is 8.21. The Balaban J connectivity index is 2.13. The lowest BCUT2D eigenvalue weighted by Gasteiger charge is -2.11. The van der Waals surface area contributed by atoms with E-state index in [0.717, 1.165) is 19.3 Å². The number of rotatable bonds is 4. The molecule has 0 radical (unpaired) electrons. The summed E-state index contributed by atoms with van der Waals surface area (Å²) in [5.41, 5.74) is 0. The Labute approximate surface area is 78.6 Å². The molecule has 1 aliphatic carbocycles.